The van der Waals surface area contributed by atoms with Crippen LogP contribution in [0, 0.1) is 0 Å². The van der Waals surface area contributed by atoms with Gasteiger partial charge in [-0.15, -0.1) is 11.3 Å². The van der Waals surface area contributed by atoms with E-state index in [0.29, 0.717) is 18.3 Å². The van der Waals surface area contributed by atoms with E-state index in [-0.39, 0.29) is 12.1 Å². The third-order valence-electron chi connectivity index (χ3n) is 4.11. The first-order chi connectivity index (χ1) is 11.3. The Morgan fingerprint density at radius 2 is 2.17 bits per heavy atom. The summed E-state index contributed by atoms with van der Waals surface area (Å²) in [5.41, 5.74) is 1.08. The third kappa shape index (κ3) is 2.84. The molecule has 3 heterocycles. The van der Waals surface area contributed by atoms with Gasteiger partial charge in [0, 0.05) is 18.1 Å². The number of likely N-dealkylation sites (tertiary alicyclic amines) is 1. The van der Waals surface area contributed by atoms with E-state index in [1.807, 2.05) is 28.5 Å². The molecule has 0 radical (unpaired) electrons. The van der Waals surface area contributed by atoms with Gasteiger partial charge >= 0.3 is 6.03 Å². The van der Waals surface area contributed by atoms with E-state index in [9.17, 15) is 4.79 Å². The van der Waals surface area contributed by atoms with Crippen molar-refractivity contribution < 1.29 is 14.3 Å². The lowest BCUT2D eigenvalue weighted by Gasteiger charge is -2.26. The number of anilines is 1. The minimum atomic E-state index is -0.0997. The van der Waals surface area contributed by atoms with E-state index < -0.39 is 0 Å². The average molecular weight is 331 g/mol. The minimum absolute atomic E-state index is 0.0609. The van der Waals surface area contributed by atoms with Crippen LogP contribution >= 0.6 is 11.3 Å². The summed E-state index contributed by atoms with van der Waals surface area (Å²) in [6.07, 6.45) is 3.62. The number of rotatable bonds is 2. The maximum absolute atomic E-state index is 12.5. The summed E-state index contributed by atoms with van der Waals surface area (Å²) in [6.45, 7) is 1.89. The zero-order valence-electron chi connectivity index (χ0n) is 12.5. The standard InChI is InChI=1S/C16H17N3O3S/c20-16(18-15-17-5-9-23-15)19-6-1-2-12(19)11-3-4-13-14(10-11)22-8-7-21-13/h3-5,9-10,12H,1-2,6-8H2,(H,17,18,20). The highest BCUT2D eigenvalue weighted by atomic mass is 32.1. The molecule has 2 aromatic rings. The van der Waals surface area contributed by atoms with Crippen molar-refractivity contribution in [3.63, 3.8) is 0 Å². The highest BCUT2D eigenvalue weighted by molar-refractivity contribution is 7.13. The molecule has 2 amide bonds. The van der Waals surface area contributed by atoms with Gasteiger partial charge in [-0.05, 0) is 30.5 Å². The largest absolute Gasteiger partial charge is 0.486 e. The number of hydrogen-bond donors (Lipinski definition) is 1. The third-order valence-corrected chi connectivity index (χ3v) is 4.80. The Balaban J connectivity index is 1.54. The summed E-state index contributed by atoms with van der Waals surface area (Å²) in [6, 6.07) is 5.91. The number of thiazole rings is 1. The molecule has 1 N–H and O–H groups in total. The van der Waals surface area contributed by atoms with E-state index in [1.54, 1.807) is 6.20 Å². The van der Waals surface area contributed by atoms with Crippen molar-refractivity contribution in [2.45, 2.75) is 18.9 Å². The van der Waals surface area contributed by atoms with Gasteiger partial charge in [-0.2, -0.15) is 0 Å². The van der Waals surface area contributed by atoms with Crippen molar-refractivity contribution in [2.75, 3.05) is 25.1 Å². The first-order valence-corrected chi connectivity index (χ1v) is 8.56. The van der Waals surface area contributed by atoms with Crippen LogP contribution in [0.4, 0.5) is 9.93 Å². The minimum Gasteiger partial charge on any atom is -0.486 e. The summed E-state index contributed by atoms with van der Waals surface area (Å²) < 4.78 is 11.2. The molecule has 4 rings (SSSR count). The quantitative estimate of drug-likeness (QED) is 0.917. The van der Waals surface area contributed by atoms with Crippen LogP contribution in [0.2, 0.25) is 0 Å². The SMILES string of the molecule is O=C(Nc1nccs1)N1CCCC1c1ccc2c(c1)OCCO2. The predicted octanol–water partition coefficient (Wildman–Crippen LogP) is 3.28. The number of urea groups is 1. The number of nitrogens with zero attached hydrogens (tertiary/aromatic N) is 2. The number of carbonyl (C=O) groups is 1. The molecule has 7 heteroatoms. The second-order valence-electron chi connectivity index (χ2n) is 5.52. The fourth-order valence-electron chi connectivity index (χ4n) is 3.07. The van der Waals surface area contributed by atoms with Crippen molar-refractivity contribution >= 4 is 22.5 Å². The van der Waals surface area contributed by atoms with E-state index in [4.69, 9.17) is 9.47 Å². The Morgan fingerprint density at radius 1 is 1.30 bits per heavy atom. The van der Waals surface area contributed by atoms with Gasteiger partial charge in [0.1, 0.15) is 13.2 Å². The summed E-state index contributed by atoms with van der Waals surface area (Å²) in [7, 11) is 0. The monoisotopic (exact) mass is 331 g/mol. The van der Waals surface area contributed by atoms with Gasteiger partial charge in [0.25, 0.3) is 0 Å². The molecule has 23 heavy (non-hydrogen) atoms. The topological polar surface area (TPSA) is 63.7 Å². The predicted molar refractivity (Wildman–Crippen MR) is 87.2 cm³/mol. The van der Waals surface area contributed by atoms with Crippen LogP contribution in [0.25, 0.3) is 0 Å². The van der Waals surface area contributed by atoms with E-state index >= 15 is 0 Å². The number of hydrogen-bond acceptors (Lipinski definition) is 5. The number of aromatic nitrogens is 1. The lowest BCUT2D eigenvalue weighted by Crippen LogP contribution is -2.34. The Bertz CT molecular complexity index is 705. The molecule has 0 spiro atoms. The number of nitrogens with one attached hydrogen (secondary N) is 1. The van der Waals surface area contributed by atoms with Crippen LogP contribution in [0.3, 0.4) is 0 Å². The van der Waals surface area contributed by atoms with Crippen molar-refractivity contribution in [3.05, 3.63) is 35.3 Å². The molecular weight excluding hydrogens is 314 g/mol. The van der Waals surface area contributed by atoms with Crippen LogP contribution in [0.5, 0.6) is 11.5 Å². The zero-order chi connectivity index (χ0) is 15.6. The number of benzene rings is 1. The molecule has 6 nitrogen and oxygen atoms in total. The van der Waals surface area contributed by atoms with Gasteiger partial charge < -0.3 is 14.4 Å². The molecule has 1 unspecified atom stereocenters. The fraction of sp³-hybridized carbons (Fsp3) is 0.375. The Kier molecular flexibility index (Phi) is 3.78. The fourth-order valence-corrected chi connectivity index (χ4v) is 3.59. The van der Waals surface area contributed by atoms with Crippen molar-refractivity contribution in [1.29, 1.82) is 0 Å². The molecule has 1 aromatic carbocycles. The van der Waals surface area contributed by atoms with Gasteiger partial charge in [0.05, 0.1) is 6.04 Å². The molecule has 120 valence electrons. The van der Waals surface area contributed by atoms with Crippen molar-refractivity contribution in [2.24, 2.45) is 0 Å². The first kappa shape index (κ1) is 14.3. The number of carbonyl (C=O) groups excluding carboxylic acids is 1. The molecule has 0 aliphatic carbocycles. The van der Waals surface area contributed by atoms with Crippen LogP contribution < -0.4 is 14.8 Å². The lowest BCUT2D eigenvalue weighted by molar-refractivity contribution is 0.170. The highest BCUT2D eigenvalue weighted by Gasteiger charge is 2.31. The summed E-state index contributed by atoms with van der Waals surface area (Å²) in [5.74, 6) is 1.54. The van der Waals surface area contributed by atoms with Gasteiger partial charge in [-0.3, -0.25) is 5.32 Å². The molecule has 2 aliphatic rings. The summed E-state index contributed by atoms with van der Waals surface area (Å²) in [4.78, 5) is 18.5. The maximum Gasteiger partial charge on any atom is 0.324 e. The Labute approximate surface area is 138 Å². The molecule has 2 aliphatic heterocycles. The second kappa shape index (κ2) is 6.08. The van der Waals surface area contributed by atoms with Gasteiger partial charge in [0.2, 0.25) is 0 Å². The molecule has 1 atom stereocenters. The maximum atomic E-state index is 12.5. The summed E-state index contributed by atoms with van der Waals surface area (Å²) in [5, 5.41) is 5.34. The number of amides is 2. The Morgan fingerprint density at radius 3 is 3.00 bits per heavy atom. The first-order valence-electron chi connectivity index (χ1n) is 7.68. The zero-order valence-corrected chi connectivity index (χ0v) is 13.3. The Hall–Kier alpha value is -2.28. The molecular formula is C16H17N3O3S. The lowest BCUT2D eigenvalue weighted by atomic mass is 10.0. The van der Waals surface area contributed by atoms with Crippen LogP contribution in [0.1, 0.15) is 24.4 Å². The smallest absolute Gasteiger partial charge is 0.324 e. The molecule has 0 saturated carbocycles. The van der Waals surface area contributed by atoms with Crippen LogP contribution in [-0.4, -0.2) is 35.7 Å². The average Bonchev–Trinajstić information content (AvgIpc) is 3.25. The van der Waals surface area contributed by atoms with E-state index in [0.717, 1.165) is 36.4 Å². The molecule has 1 fully saturated rings. The highest BCUT2D eigenvalue weighted by Crippen LogP contribution is 2.38. The van der Waals surface area contributed by atoms with Crippen molar-refractivity contribution in [1.82, 2.24) is 9.88 Å². The van der Waals surface area contributed by atoms with Gasteiger partial charge in [-0.25, -0.2) is 9.78 Å². The number of fused-ring (bicyclic) bond motifs is 1. The molecule has 1 saturated heterocycles. The van der Waals surface area contributed by atoms with Crippen LogP contribution in [-0.2, 0) is 0 Å². The molecule has 1 aromatic heterocycles. The van der Waals surface area contributed by atoms with Gasteiger partial charge in [0.15, 0.2) is 16.6 Å². The normalized spacial score (nSPS) is 19.7. The second-order valence-corrected chi connectivity index (χ2v) is 6.42. The van der Waals surface area contributed by atoms with Gasteiger partial charge in [-0.1, -0.05) is 6.07 Å². The van der Waals surface area contributed by atoms with E-state index in [2.05, 4.69) is 10.3 Å². The molecule has 0 bridgehead atoms. The number of ether oxygens (including phenoxy) is 2. The van der Waals surface area contributed by atoms with Crippen LogP contribution in [0.15, 0.2) is 29.8 Å². The van der Waals surface area contributed by atoms with Crippen molar-refractivity contribution in [3.8, 4) is 11.5 Å². The van der Waals surface area contributed by atoms with E-state index in [1.165, 1.54) is 11.3 Å². The summed E-state index contributed by atoms with van der Waals surface area (Å²) >= 11 is 1.42.